The number of aliphatic hydroxyl groups is 2. The van der Waals surface area contributed by atoms with Crippen molar-refractivity contribution in [2.75, 3.05) is 13.2 Å². The SMILES string of the molecule is CC1(C)OC[C@@H]2[C@@H](O1)[C@@H](O)[C@H](O)CN2Cc1ccccc1. The van der Waals surface area contributed by atoms with Crippen molar-refractivity contribution < 1.29 is 19.7 Å². The van der Waals surface area contributed by atoms with Gasteiger partial charge in [0.2, 0.25) is 0 Å². The number of rotatable bonds is 2. The number of β-amino-alcohol motifs (C(OH)–C–C–N with tert-alkyl or cyclic N) is 1. The predicted octanol–water partition coefficient (Wildman–Crippen LogP) is 0.744. The zero-order valence-electron chi connectivity index (χ0n) is 12.5. The molecule has 0 unspecified atom stereocenters. The van der Waals surface area contributed by atoms with E-state index in [4.69, 9.17) is 9.47 Å². The minimum absolute atomic E-state index is 0.0448. The van der Waals surface area contributed by atoms with Crippen LogP contribution in [0.2, 0.25) is 0 Å². The number of likely N-dealkylation sites (tertiary alicyclic amines) is 1. The Labute approximate surface area is 125 Å². The fourth-order valence-electron chi connectivity index (χ4n) is 3.13. The van der Waals surface area contributed by atoms with Crippen molar-refractivity contribution in [1.29, 1.82) is 0 Å². The Balaban J connectivity index is 1.78. The van der Waals surface area contributed by atoms with Gasteiger partial charge < -0.3 is 19.7 Å². The highest BCUT2D eigenvalue weighted by atomic mass is 16.7. The molecule has 116 valence electrons. The molecular formula is C16H23NO4. The molecule has 2 saturated heterocycles. The van der Waals surface area contributed by atoms with Gasteiger partial charge in [0, 0.05) is 13.1 Å². The molecule has 21 heavy (non-hydrogen) atoms. The second kappa shape index (κ2) is 5.66. The van der Waals surface area contributed by atoms with E-state index in [0.29, 0.717) is 19.7 Å². The van der Waals surface area contributed by atoms with Gasteiger partial charge in [0.25, 0.3) is 0 Å². The lowest BCUT2D eigenvalue weighted by molar-refractivity contribution is -0.326. The van der Waals surface area contributed by atoms with Gasteiger partial charge in [-0.2, -0.15) is 0 Å². The fourth-order valence-corrected chi connectivity index (χ4v) is 3.13. The predicted molar refractivity (Wildman–Crippen MR) is 77.6 cm³/mol. The quantitative estimate of drug-likeness (QED) is 0.842. The van der Waals surface area contributed by atoms with Gasteiger partial charge >= 0.3 is 0 Å². The topological polar surface area (TPSA) is 62.2 Å². The largest absolute Gasteiger partial charge is 0.389 e. The lowest BCUT2D eigenvalue weighted by Crippen LogP contribution is -2.67. The molecule has 1 aromatic rings. The van der Waals surface area contributed by atoms with Gasteiger partial charge in [0.1, 0.15) is 12.2 Å². The molecule has 0 aliphatic carbocycles. The summed E-state index contributed by atoms with van der Waals surface area (Å²) in [6.07, 6.45) is -2.10. The number of benzene rings is 1. The molecule has 0 radical (unpaired) electrons. The zero-order chi connectivity index (χ0) is 15.0. The van der Waals surface area contributed by atoms with Crippen molar-refractivity contribution in [3.63, 3.8) is 0 Å². The molecule has 2 heterocycles. The average Bonchev–Trinajstić information content (AvgIpc) is 2.45. The molecule has 2 fully saturated rings. The van der Waals surface area contributed by atoms with Crippen molar-refractivity contribution in [3.05, 3.63) is 35.9 Å². The highest BCUT2D eigenvalue weighted by Gasteiger charge is 2.48. The van der Waals surface area contributed by atoms with Gasteiger partial charge in [0.15, 0.2) is 5.79 Å². The average molecular weight is 293 g/mol. The summed E-state index contributed by atoms with van der Waals surface area (Å²) in [5.41, 5.74) is 1.17. The van der Waals surface area contributed by atoms with E-state index in [2.05, 4.69) is 17.0 Å². The summed E-state index contributed by atoms with van der Waals surface area (Å²) >= 11 is 0. The molecule has 4 atom stereocenters. The molecular weight excluding hydrogens is 270 g/mol. The molecule has 0 amide bonds. The second-order valence-electron chi connectivity index (χ2n) is 6.33. The molecule has 5 heteroatoms. The number of piperidine rings is 1. The van der Waals surface area contributed by atoms with Gasteiger partial charge in [0.05, 0.1) is 18.8 Å². The Morgan fingerprint density at radius 3 is 2.67 bits per heavy atom. The maximum atomic E-state index is 10.2. The normalized spacial score (nSPS) is 36.2. The number of nitrogens with zero attached hydrogens (tertiary/aromatic N) is 1. The van der Waals surface area contributed by atoms with Crippen molar-refractivity contribution in [2.45, 2.75) is 50.5 Å². The number of aliphatic hydroxyl groups excluding tert-OH is 2. The Hall–Kier alpha value is -0.980. The maximum Gasteiger partial charge on any atom is 0.163 e. The minimum atomic E-state index is -0.870. The number of ether oxygens (including phenoxy) is 2. The van der Waals surface area contributed by atoms with Crippen LogP contribution in [0.4, 0.5) is 0 Å². The van der Waals surface area contributed by atoms with E-state index >= 15 is 0 Å². The standard InChI is InChI=1S/C16H23NO4/c1-16(2)20-10-12-15(21-16)14(19)13(18)9-17(12)8-11-6-4-3-5-7-11/h3-7,12-15,18-19H,8-10H2,1-2H3/t12-,13-,14+,15-/m1/s1. The van der Waals surface area contributed by atoms with E-state index < -0.39 is 24.1 Å². The molecule has 0 spiro atoms. The van der Waals surface area contributed by atoms with Crippen LogP contribution in [-0.4, -0.2) is 58.4 Å². The number of hydrogen-bond donors (Lipinski definition) is 2. The summed E-state index contributed by atoms with van der Waals surface area (Å²) in [5.74, 6) is -0.725. The molecule has 2 aliphatic rings. The summed E-state index contributed by atoms with van der Waals surface area (Å²) < 4.78 is 11.6. The molecule has 0 bridgehead atoms. The van der Waals surface area contributed by atoms with Crippen LogP contribution in [0.3, 0.4) is 0 Å². The molecule has 2 N–H and O–H groups in total. The smallest absolute Gasteiger partial charge is 0.163 e. The zero-order valence-corrected chi connectivity index (χ0v) is 12.5. The van der Waals surface area contributed by atoms with E-state index in [0.717, 1.165) is 0 Å². The Morgan fingerprint density at radius 2 is 1.95 bits per heavy atom. The van der Waals surface area contributed by atoms with Crippen LogP contribution < -0.4 is 0 Å². The fraction of sp³-hybridized carbons (Fsp3) is 0.625. The van der Waals surface area contributed by atoms with Crippen molar-refractivity contribution in [3.8, 4) is 0 Å². The Kier molecular flexibility index (Phi) is 4.03. The van der Waals surface area contributed by atoms with E-state index in [9.17, 15) is 10.2 Å². The van der Waals surface area contributed by atoms with Crippen molar-refractivity contribution in [1.82, 2.24) is 4.90 Å². The number of hydrogen-bond acceptors (Lipinski definition) is 5. The lowest BCUT2D eigenvalue weighted by atomic mass is 9.92. The first-order valence-electron chi connectivity index (χ1n) is 7.42. The molecule has 1 aromatic carbocycles. The van der Waals surface area contributed by atoms with Crippen LogP contribution >= 0.6 is 0 Å². The van der Waals surface area contributed by atoms with E-state index in [1.54, 1.807) is 0 Å². The summed E-state index contributed by atoms with van der Waals surface area (Å²) in [6, 6.07) is 10.0. The monoisotopic (exact) mass is 293 g/mol. The van der Waals surface area contributed by atoms with Gasteiger partial charge in [-0.1, -0.05) is 30.3 Å². The highest BCUT2D eigenvalue weighted by Crippen LogP contribution is 2.32. The highest BCUT2D eigenvalue weighted by molar-refractivity contribution is 5.15. The molecule has 3 rings (SSSR count). The van der Waals surface area contributed by atoms with Crippen LogP contribution in [-0.2, 0) is 16.0 Å². The van der Waals surface area contributed by atoms with E-state index in [1.165, 1.54) is 5.56 Å². The summed E-state index contributed by atoms with van der Waals surface area (Å²) in [6.45, 7) is 5.29. The first-order chi connectivity index (χ1) is 9.96. The van der Waals surface area contributed by atoms with Crippen LogP contribution in [0.15, 0.2) is 30.3 Å². The van der Waals surface area contributed by atoms with Crippen molar-refractivity contribution >= 4 is 0 Å². The lowest BCUT2D eigenvalue weighted by Gasteiger charge is -2.51. The Bertz CT molecular complexity index is 478. The third kappa shape index (κ3) is 3.12. The third-order valence-electron chi connectivity index (χ3n) is 4.25. The van der Waals surface area contributed by atoms with Gasteiger partial charge in [-0.3, -0.25) is 4.90 Å². The maximum absolute atomic E-state index is 10.2. The van der Waals surface area contributed by atoms with E-state index in [1.807, 2.05) is 32.0 Å². The van der Waals surface area contributed by atoms with Gasteiger partial charge in [-0.05, 0) is 19.4 Å². The molecule has 0 aromatic heterocycles. The summed E-state index contributed by atoms with van der Waals surface area (Å²) in [4.78, 5) is 2.13. The minimum Gasteiger partial charge on any atom is -0.389 e. The second-order valence-corrected chi connectivity index (χ2v) is 6.33. The molecule has 5 nitrogen and oxygen atoms in total. The Morgan fingerprint density at radius 1 is 1.24 bits per heavy atom. The van der Waals surface area contributed by atoms with Crippen LogP contribution in [0.25, 0.3) is 0 Å². The van der Waals surface area contributed by atoms with Crippen LogP contribution in [0.5, 0.6) is 0 Å². The van der Waals surface area contributed by atoms with Crippen molar-refractivity contribution in [2.24, 2.45) is 0 Å². The first kappa shape index (κ1) is 14.9. The van der Waals surface area contributed by atoms with Gasteiger partial charge in [-0.15, -0.1) is 0 Å². The molecule has 0 saturated carbocycles. The summed E-state index contributed by atoms with van der Waals surface area (Å²) in [5, 5.41) is 20.4. The first-order valence-corrected chi connectivity index (χ1v) is 7.42. The van der Waals surface area contributed by atoms with E-state index in [-0.39, 0.29) is 6.04 Å². The number of fused-ring (bicyclic) bond motifs is 1. The summed E-state index contributed by atoms with van der Waals surface area (Å²) in [7, 11) is 0. The van der Waals surface area contributed by atoms with Gasteiger partial charge in [-0.25, -0.2) is 0 Å². The third-order valence-corrected chi connectivity index (χ3v) is 4.25. The van der Waals surface area contributed by atoms with Crippen LogP contribution in [0.1, 0.15) is 19.4 Å². The van der Waals surface area contributed by atoms with Crippen LogP contribution in [0, 0.1) is 0 Å². The molecule has 2 aliphatic heterocycles.